The van der Waals surface area contributed by atoms with Crippen molar-refractivity contribution in [3.8, 4) is 0 Å². The van der Waals surface area contributed by atoms with Crippen LogP contribution in [0.5, 0.6) is 0 Å². The Morgan fingerprint density at radius 3 is 2.14 bits per heavy atom. The van der Waals surface area contributed by atoms with E-state index in [2.05, 4.69) is 19.9 Å². The maximum Gasteiger partial charge on any atom is 0.222 e. The summed E-state index contributed by atoms with van der Waals surface area (Å²) in [6.45, 7) is 1.87. The Balaban J connectivity index is 0.000000146. The predicted octanol–water partition coefficient (Wildman–Crippen LogP) is 1.92. The van der Waals surface area contributed by atoms with Crippen LogP contribution >= 0.6 is 11.6 Å². The summed E-state index contributed by atoms with van der Waals surface area (Å²) in [6, 6.07) is 3.58. The molecule has 2 rings (SSSR count). The monoisotopic (exact) mass is 208 g/mol. The van der Waals surface area contributed by atoms with E-state index in [1.165, 1.54) is 6.33 Å². The van der Waals surface area contributed by atoms with E-state index >= 15 is 0 Å². The van der Waals surface area contributed by atoms with Crippen LogP contribution in [0.15, 0.2) is 37.1 Å². The summed E-state index contributed by atoms with van der Waals surface area (Å²) in [5.41, 5.74) is 0.894. The minimum atomic E-state index is 0.310. The molecule has 72 valence electrons. The van der Waals surface area contributed by atoms with Gasteiger partial charge in [0.05, 0.1) is 0 Å². The second kappa shape index (κ2) is 5.99. The van der Waals surface area contributed by atoms with Gasteiger partial charge in [-0.2, -0.15) is 0 Å². The zero-order valence-corrected chi connectivity index (χ0v) is 8.39. The quantitative estimate of drug-likeness (QED) is 0.621. The summed E-state index contributed by atoms with van der Waals surface area (Å²) in [7, 11) is 0. The van der Waals surface area contributed by atoms with Crippen molar-refractivity contribution in [2.45, 2.75) is 6.92 Å². The molecule has 0 spiro atoms. The summed E-state index contributed by atoms with van der Waals surface area (Å²) in [5.74, 6) is 0. The zero-order chi connectivity index (χ0) is 10.2. The van der Waals surface area contributed by atoms with E-state index in [1.54, 1.807) is 30.7 Å². The largest absolute Gasteiger partial charge is 0.245 e. The Morgan fingerprint density at radius 1 is 1.14 bits per heavy atom. The first-order chi connectivity index (χ1) is 6.79. The molecular weight excluding hydrogens is 200 g/mol. The van der Waals surface area contributed by atoms with Gasteiger partial charge in [0.1, 0.15) is 6.33 Å². The van der Waals surface area contributed by atoms with E-state index in [-0.39, 0.29) is 0 Å². The summed E-state index contributed by atoms with van der Waals surface area (Å²) in [6.07, 6.45) is 6.50. The fraction of sp³-hybridized carbons (Fsp3) is 0.111. The van der Waals surface area contributed by atoms with Crippen LogP contribution in [-0.4, -0.2) is 19.9 Å². The van der Waals surface area contributed by atoms with Crippen LogP contribution in [0.1, 0.15) is 5.69 Å². The fourth-order valence-electron chi connectivity index (χ4n) is 0.672. The molecule has 2 heterocycles. The van der Waals surface area contributed by atoms with Crippen molar-refractivity contribution in [1.82, 2.24) is 19.9 Å². The SMILES string of the molecule is Cc1ccnc(Cl)n1.c1cncnc1. The summed E-state index contributed by atoms with van der Waals surface area (Å²) in [5, 5.41) is 0.310. The lowest BCUT2D eigenvalue weighted by Gasteiger charge is -1.87. The molecule has 0 N–H and O–H groups in total. The number of hydrogen-bond donors (Lipinski definition) is 0. The van der Waals surface area contributed by atoms with Crippen LogP contribution in [-0.2, 0) is 0 Å². The average Bonchev–Trinajstić information content (AvgIpc) is 2.21. The van der Waals surface area contributed by atoms with E-state index in [0.29, 0.717) is 5.28 Å². The van der Waals surface area contributed by atoms with Gasteiger partial charge in [-0.25, -0.2) is 19.9 Å². The van der Waals surface area contributed by atoms with Gasteiger partial charge in [-0.1, -0.05) is 0 Å². The average molecular weight is 209 g/mol. The van der Waals surface area contributed by atoms with Gasteiger partial charge < -0.3 is 0 Å². The van der Waals surface area contributed by atoms with E-state index in [1.807, 2.05) is 6.92 Å². The van der Waals surface area contributed by atoms with Crippen molar-refractivity contribution in [2.24, 2.45) is 0 Å². The van der Waals surface area contributed by atoms with Crippen molar-refractivity contribution in [3.05, 3.63) is 48.0 Å². The van der Waals surface area contributed by atoms with Crippen LogP contribution in [0.3, 0.4) is 0 Å². The Hall–Kier alpha value is -1.55. The van der Waals surface area contributed by atoms with Crippen LogP contribution < -0.4 is 0 Å². The summed E-state index contributed by atoms with van der Waals surface area (Å²) >= 11 is 5.42. The number of hydrogen-bond acceptors (Lipinski definition) is 4. The van der Waals surface area contributed by atoms with Gasteiger partial charge in [0.2, 0.25) is 5.28 Å². The smallest absolute Gasteiger partial charge is 0.222 e. The standard InChI is InChI=1S/C5H5ClN2.C4H4N2/c1-4-2-3-7-5(6)8-4;1-2-5-4-6-3-1/h2-3H,1H3;1-4H. The van der Waals surface area contributed by atoms with E-state index in [0.717, 1.165) is 5.69 Å². The third kappa shape index (κ3) is 4.47. The van der Waals surface area contributed by atoms with Crippen LogP contribution in [0, 0.1) is 6.92 Å². The highest BCUT2D eigenvalue weighted by Gasteiger charge is 1.85. The molecular formula is C9H9ClN4. The molecule has 0 fully saturated rings. The van der Waals surface area contributed by atoms with Gasteiger partial charge >= 0.3 is 0 Å². The highest BCUT2D eigenvalue weighted by Crippen LogP contribution is 1.97. The second-order valence-electron chi connectivity index (χ2n) is 2.37. The molecule has 0 unspecified atom stereocenters. The van der Waals surface area contributed by atoms with Crippen molar-refractivity contribution in [1.29, 1.82) is 0 Å². The number of rotatable bonds is 0. The van der Waals surface area contributed by atoms with Gasteiger partial charge in [0.15, 0.2) is 0 Å². The van der Waals surface area contributed by atoms with E-state index < -0.39 is 0 Å². The molecule has 0 aliphatic carbocycles. The minimum absolute atomic E-state index is 0.310. The molecule has 0 amide bonds. The zero-order valence-electron chi connectivity index (χ0n) is 7.63. The molecule has 5 heteroatoms. The Kier molecular flexibility index (Phi) is 4.50. The molecule has 14 heavy (non-hydrogen) atoms. The molecule has 2 aromatic rings. The van der Waals surface area contributed by atoms with Gasteiger partial charge in [0, 0.05) is 24.3 Å². The van der Waals surface area contributed by atoms with Crippen molar-refractivity contribution >= 4 is 11.6 Å². The summed E-state index contributed by atoms with van der Waals surface area (Å²) < 4.78 is 0. The molecule has 0 aliphatic rings. The van der Waals surface area contributed by atoms with Gasteiger partial charge in [-0.3, -0.25) is 0 Å². The number of halogens is 1. The van der Waals surface area contributed by atoms with E-state index in [4.69, 9.17) is 11.6 Å². The third-order valence-electron chi connectivity index (χ3n) is 1.24. The van der Waals surface area contributed by atoms with Crippen LogP contribution in [0.4, 0.5) is 0 Å². The first kappa shape index (κ1) is 10.5. The minimum Gasteiger partial charge on any atom is -0.245 e. The fourth-order valence-corrected chi connectivity index (χ4v) is 0.861. The maximum atomic E-state index is 5.42. The van der Waals surface area contributed by atoms with Crippen LogP contribution in [0.25, 0.3) is 0 Å². The van der Waals surface area contributed by atoms with Crippen molar-refractivity contribution in [2.75, 3.05) is 0 Å². The van der Waals surface area contributed by atoms with Gasteiger partial charge in [-0.15, -0.1) is 0 Å². The Labute approximate surface area is 87.0 Å². The lowest BCUT2D eigenvalue weighted by atomic mass is 10.5. The molecule has 0 saturated heterocycles. The normalized spacial score (nSPS) is 8.71. The number of aryl methyl sites for hydroxylation is 1. The topological polar surface area (TPSA) is 51.6 Å². The first-order valence-corrected chi connectivity index (χ1v) is 4.32. The number of aromatic nitrogens is 4. The Bertz CT molecular complexity index is 322. The molecule has 0 aliphatic heterocycles. The van der Waals surface area contributed by atoms with Crippen LogP contribution in [0.2, 0.25) is 5.28 Å². The van der Waals surface area contributed by atoms with Gasteiger partial charge in [-0.05, 0) is 30.7 Å². The van der Waals surface area contributed by atoms with E-state index in [9.17, 15) is 0 Å². The molecule has 4 nitrogen and oxygen atoms in total. The highest BCUT2D eigenvalue weighted by atomic mass is 35.5. The molecule has 0 aromatic carbocycles. The predicted molar refractivity (Wildman–Crippen MR) is 53.8 cm³/mol. The molecule has 0 atom stereocenters. The third-order valence-corrected chi connectivity index (χ3v) is 1.43. The lowest BCUT2D eigenvalue weighted by molar-refractivity contribution is 1.10. The number of nitrogens with zero attached hydrogens (tertiary/aromatic N) is 4. The van der Waals surface area contributed by atoms with Gasteiger partial charge in [0.25, 0.3) is 0 Å². The molecule has 2 aromatic heterocycles. The lowest BCUT2D eigenvalue weighted by Crippen LogP contribution is -1.82. The van der Waals surface area contributed by atoms with Crippen molar-refractivity contribution in [3.63, 3.8) is 0 Å². The van der Waals surface area contributed by atoms with Crippen molar-refractivity contribution < 1.29 is 0 Å². The second-order valence-corrected chi connectivity index (χ2v) is 2.71. The molecule has 0 saturated carbocycles. The first-order valence-electron chi connectivity index (χ1n) is 3.94. The highest BCUT2D eigenvalue weighted by molar-refractivity contribution is 6.28. The Morgan fingerprint density at radius 2 is 1.86 bits per heavy atom. The molecule has 0 radical (unpaired) electrons. The molecule has 0 bridgehead atoms. The summed E-state index contributed by atoms with van der Waals surface area (Å²) in [4.78, 5) is 14.9. The maximum absolute atomic E-state index is 5.42.